The Bertz CT molecular complexity index is 712. The van der Waals surface area contributed by atoms with Crippen molar-refractivity contribution in [2.45, 2.75) is 25.7 Å². The zero-order chi connectivity index (χ0) is 18.9. The molecule has 0 aliphatic rings. The molecule has 0 aliphatic carbocycles. The summed E-state index contributed by atoms with van der Waals surface area (Å²) in [5, 5.41) is 0. The normalized spacial score (nSPS) is 10.3. The number of hydrogen-bond donors (Lipinski definition) is 0. The Kier molecular flexibility index (Phi) is 7.45. The van der Waals surface area contributed by atoms with E-state index >= 15 is 0 Å². The molecule has 0 radical (unpaired) electrons. The second-order valence-corrected chi connectivity index (χ2v) is 5.89. The monoisotopic (exact) mass is 360 g/mol. The van der Waals surface area contributed by atoms with Crippen LogP contribution in [0.5, 0.6) is 28.7 Å². The quantitative estimate of drug-likeness (QED) is 0.591. The van der Waals surface area contributed by atoms with Gasteiger partial charge in [0, 0.05) is 0 Å². The molecule has 0 aromatic heterocycles. The first-order chi connectivity index (χ1) is 12.7. The minimum absolute atomic E-state index is 0.646. The van der Waals surface area contributed by atoms with E-state index in [1.807, 2.05) is 24.3 Å². The van der Waals surface area contributed by atoms with Crippen LogP contribution < -0.4 is 23.7 Å². The fourth-order valence-corrected chi connectivity index (χ4v) is 3.04. The van der Waals surface area contributed by atoms with E-state index < -0.39 is 0 Å². The van der Waals surface area contributed by atoms with Crippen molar-refractivity contribution in [3.8, 4) is 28.7 Å². The van der Waals surface area contributed by atoms with E-state index in [4.69, 9.17) is 23.7 Å². The maximum absolute atomic E-state index is 5.55. The summed E-state index contributed by atoms with van der Waals surface area (Å²) in [5.74, 6) is 3.60. The molecule has 0 atom stereocenters. The third-order valence-electron chi connectivity index (χ3n) is 4.40. The van der Waals surface area contributed by atoms with E-state index in [9.17, 15) is 0 Å². The zero-order valence-corrected chi connectivity index (χ0v) is 16.3. The molecule has 0 spiro atoms. The van der Waals surface area contributed by atoms with Gasteiger partial charge in [-0.15, -0.1) is 0 Å². The molecule has 5 heteroatoms. The van der Waals surface area contributed by atoms with E-state index in [0.29, 0.717) is 11.5 Å². The first-order valence-electron chi connectivity index (χ1n) is 8.67. The van der Waals surface area contributed by atoms with E-state index in [0.717, 1.165) is 48.5 Å². The average Bonchev–Trinajstić information content (AvgIpc) is 2.69. The van der Waals surface area contributed by atoms with Gasteiger partial charge in [-0.2, -0.15) is 0 Å². The molecule has 0 fully saturated rings. The molecule has 0 N–H and O–H groups in total. The van der Waals surface area contributed by atoms with Crippen molar-refractivity contribution in [1.29, 1.82) is 0 Å². The van der Waals surface area contributed by atoms with Gasteiger partial charge < -0.3 is 23.7 Å². The topological polar surface area (TPSA) is 46.2 Å². The molecule has 0 saturated heterocycles. The zero-order valence-electron chi connectivity index (χ0n) is 16.3. The molecule has 5 nitrogen and oxygen atoms in total. The van der Waals surface area contributed by atoms with Crippen molar-refractivity contribution in [3.05, 3.63) is 41.5 Å². The van der Waals surface area contributed by atoms with Crippen molar-refractivity contribution < 1.29 is 23.7 Å². The summed E-state index contributed by atoms with van der Waals surface area (Å²) in [6.45, 7) is 0. The smallest absolute Gasteiger partial charge is 0.203 e. The number of methoxy groups -OCH3 is 5. The molecule has 2 aromatic rings. The molecule has 26 heavy (non-hydrogen) atoms. The van der Waals surface area contributed by atoms with Crippen molar-refractivity contribution in [1.82, 2.24) is 0 Å². The van der Waals surface area contributed by atoms with E-state index in [1.165, 1.54) is 5.56 Å². The van der Waals surface area contributed by atoms with E-state index in [-0.39, 0.29) is 0 Å². The standard InChI is InChI=1S/C21H28O5/c1-22-17-12-10-15(14-19(17)24-3)8-6-7-9-16-11-13-18(23-2)21(26-5)20(16)25-4/h10-14H,6-9H2,1-5H3. The maximum atomic E-state index is 5.55. The fourth-order valence-electron chi connectivity index (χ4n) is 3.04. The van der Waals surface area contributed by atoms with Crippen LogP contribution in [-0.2, 0) is 12.8 Å². The minimum Gasteiger partial charge on any atom is -0.493 e. The predicted octanol–water partition coefficient (Wildman–Crippen LogP) is 4.30. The van der Waals surface area contributed by atoms with Crippen molar-refractivity contribution in [3.63, 3.8) is 0 Å². The molecular formula is C21H28O5. The lowest BCUT2D eigenvalue weighted by atomic mass is 10.0. The molecule has 0 saturated carbocycles. The highest BCUT2D eigenvalue weighted by Crippen LogP contribution is 2.40. The number of benzene rings is 2. The molecule has 0 amide bonds. The summed E-state index contributed by atoms with van der Waals surface area (Å²) in [7, 11) is 8.21. The van der Waals surface area contributed by atoms with Gasteiger partial charge in [-0.1, -0.05) is 12.1 Å². The SMILES string of the molecule is COc1ccc(CCCCc2ccc(OC)c(OC)c2OC)cc1OC. The largest absolute Gasteiger partial charge is 0.493 e. The Morgan fingerprint density at radius 2 is 1.19 bits per heavy atom. The highest BCUT2D eigenvalue weighted by atomic mass is 16.5. The van der Waals surface area contributed by atoms with Gasteiger partial charge in [0.15, 0.2) is 23.0 Å². The number of unbranched alkanes of at least 4 members (excludes halogenated alkanes) is 1. The third kappa shape index (κ3) is 4.54. The minimum atomic E-state index is 0.646. The maximum Gasteiger partial charge on any atom is 0.203 e. The molecule has 0 aliphatic heterocycles. The Morgan fingerprint density at radius 3 is 1.81 bits per heavy atom. The Morgan fingerprint density at radius 1 is 0.577 bits per heavy atom. The Balaban J connectivity index is 1.98. The van der Waals surface area contributed by atoms with Crippen molar-refractivity contribution in [2.24, 2.45) is 0 Å². The van der Waals surface area contributed by atoms with Gasteiger partial charge >= 0.3 is 0 Å². The van der Waals surface area contributed by atoms with Crippen LogP contribution in [0.3, 0.4) is 0 Å². The second-order valence-electron chi connectivity index (χ2n) is 5.89. The summed E-state index contributed by atoms with van der Waals surface area (Å²) >= 11 is 0. The van der Waals surface area contributed by atoms with Gasteiger partial charge in [0.05, 0.1) is 35.5 Å². The number of ether oxygens (including phenoxy) is 5. The second kappa shape index (κ2) is 9.80. The van der Waals surface area contributed by atoms with Crippen molar-refractivity contribution >= 4 is 0 Å². The molecule has 0 unspecified atom stereocenters. The van der Waals surface area contributed by atoms with Crippen LogP contribution in [0.15, 0.2) is 30.3 Å². The van der Waals surface area contributed by atoms with Gasteiger partial charge in [-0.3, -0.25) is 0 Å². The molecule has 142 valence electrons. The van der Waals surface area contributed by atoms with Gasteiger partial charge in [0.2, 0.25) is 5.75 Å². The molecular weight excluding hydrogens is 332 g/mol. The lowest BCUT2D eigenvalue weighted by Gasteiger charge is -2.15. The third-order valence-corrected chi connectivity index (χ3v) is 4.40. The van der Waals surface area contributed by atoms with Crippen LogP contribution in [0.25, 0.3) is 0 Å². The number of rotatable bonds is 10. The predicted molar refractivity (Wildman–Crippen MR) is 102 cm³/mol. The van der Waals surface area contributed by atoms with Gasteiger partial charge in [-0.05, 0) is 55.0 Å². The molecule has 0 heterocycles. The highest BCUT2D eigenvalue weighted by Gasteiger charge is 2.15. The molecule has 2 rings (SSSR count). The van der Waals surface area contributed by atoms with Crippen LogP contribution in [0.1, 0.15) is 24.0 Å². The Hall–Kier alpha value is -2.56. The summed E-state index contributed by atoms with van der Waals surface area (Å²) in [4.78, 5) is 0. The first kappa shape index (κ1) is 19.8. The highest BCUT2D eigenvalue weighted by molar-refractivity contribution is 5.55. The van der Waals surface area contributed by atoms with Crippen LogP contribution in [0, 0.1) is 0 Å². The summed E-state index contributed by atoms with van der Waals surface area (Å²) < 4.78 is 27.0. The lowest BCUT2D eigenvalue weighted by molar-refractivity contribution is 0.322. The van der Waals surface area contributed by atoms with Crippen LogP contribution >= 0.6 is 0 Å². The fraction of sp³-hybridized carbons (Fsp3) is 0.429. The summed E-state index contributed by atoms with van der Waals surface area (Å²) in [5.41, 5.74) is 2.36. The van der Waals surface area contributed by atoms with Gasteiger partial charge in [0.1, 0.15) is 0 Å². The van der Waals surface area contributed by atoms with Crippen LogP contribution in [0.4, 0.5) is 0 Å². The first-order valence-corrected chi connectivity index (χ1v) is 8.67. The van der Waals surface area contributed by atoms with Crippen LogP contribution in [0.2, 0.25) is 0 Å². The van der Waals surface area contributed by atoms with E-state index in [2.05, 4.69) is 6.07 Å². The van der Waals surface area contributed by atoms with Crippen molar-refractivity contribution in [2.75, 3.05) is 35.5 Å². The number of aryl methyl sites for hydroxylation is 2. The summed E-state index contributed by atoms with van der Waals surface area (Å²) in [6, 6.07) is 10.0. The summed E-state index contributed by atoms with van der Waals surface area (Å²) in [6.07, 6.45) is 4.00. The molecule has 2 aromatic carbocycles. The lowest BCUT2D eigenvalue weighted by Crippen LogP contribution is -1.99. The van der Waals surface area contributed by atoms with Crippen LogP contribution in [-0.4, -0.2) is 35.5 Å². The Labute approximate surface area is 155 Å². The molecule has 0 bridgehead atoms. The van der Waals surface area contributed by atoms with Gasteiger partial charge in [-0.25, -0.2) is 0 Å². The number of hydrogen-bond acceptors (Lipinski definition) is 5. The van der Waals surface area contributed by atoms with Gasteiger partial charge in [0.25, 0.3) is 0 Å². The van der Waals surface area contributed by atoms with E-state index in [1.54, 1.807) is 35.5 Å². The average molecular weight is 360 g/mol.